The number of rotatable bonds is 6. The lowest BCUT2D eigenvalue weighted by molar-refractivity contribution is -0.161. The number of benzene rings is 2. The quantitative estimate of drug-likeness (QED) is 0.444. The van der Waals surface area contributed by atoms with E-state index < -0.39 is 29.3 Å². The van der Waals surface area contributed by atoms with Crippen molar-refractivity contribution in [3.8, 4) is 0 Å². The van der Waals surface area contributed by atoms with Gasteiger partial charge in [-0.1, -0.05) is 83.1 Å². The highest BCUT2D eigenvalue weighted by atomic mass is 16.5. The molecule has 1 fully saturated rings. The van der Waals surface area contributed by atoms with E-state index in [1.165, 1.54) is 4.90 Å². The molecule has 2 bridgehead atoms. The number of amides is 2. The number of esters is 1. The minimum absolute atomic E-state index is 0.0372. The summed E-state index contributed by atoms with van der Waals surface area (Å²) in [6.45, 7) is 8.79. The van der Waals surface area contributed by atoms with Gasteiger partial charge in [0.15, 0.2) is 12.4 Å². The second-order valence-electron chi connectivity index (χ2n) is 11.7. The van der Waals surface area contributed by atoms with Crippen LogP contribution in [0.3, 0.4) is 0 Å². The lowest BCUT2D eigenvalue weighted by Crippen LogP contribution is -2.47. The number of carbonyl (C=O) groups excluding carboxylic acids is 4. The Morgan fingerprint density at radius 3 is 1.61 bits per heavy atom. The topological polar surface area (TPSA) is 80.8 Å². The maximum absolute atomic E-state index is 14.0. The average Bonchev–Trinajstić information content (AvgIpc) is 3.10. The summed E-state index contributed by atoms with van der Waals surface area (Å²) in [4.78, 5) is 54.9. The lowest BCUT2D eigenvalue weighted by atomic mass is 9.55. The van der Waals surface area contributed by atoms with E-state index in [1.54, 1.807) is 20.8 Å². The highest BCUT2D eigenvalue weighted by Gasteiger charge is 2.63. The van der Waals surface area contributed by atoms with Crippen LogP contribution in [0.25, 0.3) is 0 Å². The molecule has 1 saturated heterocycles. The first-order valence-corrected chi connectivity index (χ1v) is 12.8. The molecule has 0 spiro atoms. The first-order chi connectivity index (χ1) is 17.0. The van der Waals surface area contributed by atoms with Gasteiger partial charge >= 0.3 is 5.97 Å². The van der Waals surface area contributed by atoms with Crippen molar-refractivity contribution < 1.29 is 23.9 Å². The molecule has 4 aliphatic rings. The number of hydrogen-bond donors (Lipinski definition) is 0. The second kappa shape index (κ2) is 8.68. The van der Waals surface area contributed by atoms with E-state index >= 15 is 0 Å². The minimum atomic E-state index is -1.05. The van der Waals surface area contributed by atoms with Crippen molar-refractivity contribution in [2.24, 2.45) is 23.2 Å². The highest BCUT2D eigenvalue weighted by Crippen LogP contribution is 2.61. The Morgan fingerprint density at radius 1 is 0.833 bits per heavy atom. The zero-order chi connectivity index (χ0) is 25.9. The van der Waals surface area contributed by atoms with Gasteiger partial charge < -0.3 is 4.74 Å². The van der Waals surface area contributed by atoms with Crippen LogP contribution in [-0.4, -0.2) is 41.1 Å². The summed E-state index contributed by atoms with van der Waals surface area (Å²) in [7, 11) is 0. The number of ketones is 1. The molecule has 1 heterocycles. The van der Waals surface area contributed by atoms with Crippen LogP contribution < -0.4 is 0 Å². The molecule has 36 heavy (non-hydrogen) atoms. The molecular weight excluding hydrogens is 454 g/mol. The minimum Gasteiger partial charge on any atom is -0.456 e. The molecule has 2 aromatic carbocycles. The fraction of sp³-hybridized carbons (Fsp3) is 0.467. The summed E-state index contributed by atoms with van der Waals surface area (Å²) in [6, 6.07) is 15.1. The van der Waals surface area contributed by atoms with Crippen LogP contribution in [0.2, 0.25) is 0 Å². The summed E-state index contributed by atoms with van der Waals surface area (Å²) >= 11 is 0. The monoisotopic (exact) mass is 487 g/mol. The van der Waals surface area contributed by atoms with Crippen LogP contribution in [-0.2, 0) is 23.9 Å². The third-order valence-electron chi connectivity index (χ3n) is 7.94. The number of nitrogens with zero attached hydrogens (tertiary/aromatic N) is 1. The van der Waals surface area contributed by atoms with Crippen LogP contribution in [0.4, 0.5) is 0 Å². The zero-order valence-electron chi connectivity index (χ0n) is 21.5. The first-order valence-electron chi connectivity index (χ1n) is 12.8. The Bertz CT molecular complexity index is 1140. The number of imide groups is 1. The van der Waals surface area contributed by atoms with Crippen LogP contribution in [0.1, 0.15) is 75.1 Å². The number of likely N-dealkylation sites (tertiary alicyclic amines) is 1. The summed E-state index contributed by atoms with van der Waals surface area (Å²) in [5, 5.41) is 0. The summed E-state index contributed by atoms with van der Waals surface area (Å²) < 4.78 is 5.41. The fourth-order valence-electron chi connectivity index (χ4n) is 6.21. The molecule has 0 radical (unpaired) electrons. The molecule has 2 amide bonds. The van der Waals surface area contributed by atoms with Gasteiger partial charge in [-0.15, -0.1) is 0 Å². The Balaban J connectivity index is 1.52. The van der Waals surface area contributed by atoms with E-state index in [0.717, 1.165) is 22.3 Å². The largest absolute Gasteiger partial charge is 0.456 e. The molecule has 0 N–H and O–H groups in total. The maximum Gasteiger partial charge on any atom is 0.329 e. The van der Waals surface area contributed by atoms with E-state index in [-0.39, 0.29) is 48.4 Å². The molecule has 1 aliphatic heterocycles. The molecule has 6 rings (SSSR count). The Kier molecular flexibility index (Phi) is 5.89. The standard InChI is InChI=1S/C30H33NO5/c1-16(2)14-21(29(35)36-15-22(32)30(3,4)5)31-27(33)25-23-17-10-6-7-11-18(17)24(26(25)28(31)34)20-13-9-8-12-19(20)23/h6-13,16,21,23-26H,14-15H2,1-5H3/t21-,23?,24?,25-,26-/m0/s1. The van der Waals surface area contributed by atoms with Gasteiger partial charge in [-0.05, 0) is 34.6 Å². The van der Waals surface area contributed by atoms with Crippen molar-refractivity contribution in [3.05, 3.63) is 70.8 Å². The van der Waals surface area contributed by atoms with Crippen molar-refractivity contribution in [2.45, 2.75) is 58.9 Å². The van der Waals surface area contributed by atoms with Crippen LogP contribution in [0.15, 0.2) is 48.5 Å². The normalized spacial score (nSPS) is 24.9. The second-order valence-corrected chi connectivity index (χ2v) is 11.7. The molecular formula is C30H33NO5. The Hall–Kier alpha value is -3.28. The Morgan fingerprint density at radius 2 is 1.25 bits per heavy atom. The van der Waals surface area contributed by atoms with Gasteiger partial charge in [-0.25, -0.2) is 4.79 Å². The lowest BCUT2D eigenvalue weighted by Gasteiger charge is -2.45. The van der Waals surface area contributed by atoms with Crippen molar-refractivity contribution >= 4 is 23.6 Å². The van der Waals surface area contributed by atoms with E-state index in [0.29, 0.717) is 0 Å². The van der Waals surface area contributed by atoms with Crippen molar-refractivity contribution in [1.82, 2.24) is 4.90 Å². The van der Waals surface area contributed by atoms with Gasteiger partial charge in [-0.3, -0.25) is 19.3 Å². The van der Waals surface area contributed by atoms with Gasteiger partial charge in [0.2, 0.25) is 11.8 Å². The van der Waals surface area contributed by atoms with Crippen molar-refractivity contribution in [3.63, 3.8) is 0 Å². The summed E-state index contributed by atoms with van der Waals surface area (Å²) in [6.07, 6.45) is 0.286. The first kappa shape index (κ1) is 24.4. The summed E-state index contributed by atoms with van der Waals surface area (Å²) in [5.74, 6) is -3.05. The fourth-order valence-corrected chi connectivity index (χ4v) is 6.21. The molecule has 6 heteroatoms. The molecule has 2 aromatic rings. The number of hydrogen-bond acceptors (Lipinski definition) is 5. The third kappa shape index (κ3) is 3.69. The number of ether oxygens (including phenoxy) is 1. The van der Waals surface area contributed by atoms with Crippen molar-refractivity contribution in [1.29, 1.82) is 0 Å². The molecule has 6 nitrogen and oxygen atoms in total. The van der Waals surface area contributed by atoms with Gasteiger partial charge in [-0.2, -0.15) is 0 Å². The van der Waals surface area contributed by atoms with Crippen molar-refractivity contribution in [2.75, 3.05) is 6.61 Å². The van der Waals surface area contributed by atoms with Gasteiger partial charge in [0.25, 0.3) is 0 Å². The molecule has 188 valence electrons. The van der Waals surface area contributed by atoms with Crippen LogP contribution >= 0.6 is 0 Å². The molecule has 3 atom stereocenters. The number of carbonyl (C=O) groups is 4. The predicted molar refractivity (Wildman–Crippen MR) is 134 cm³/mol. The van der Waals surface area contributed by atoms with E-state index in [9.17, 15) is 19.2 Å². The molecule has 3 aliphatic carbocycles. The van der Waals surface area contributed by atoms with Gasteiger partial charge in [0.1, 0.15) is 6.04 Å². The SMILES string of the molecule is CC(C)C[C@@H](C(=O)OCC(=O)C(C)(C)C)N1C(=O)[C@H]2C3c4ccccc4C(c4ccccc43)[C@@H]2C1=O. The van der Waals surface area contributed by atoms with Crippen LogP contribution in [0.5, 0.6) is 0 Å². The molecule has 0 saturated carbocycles. The van der Waals surface area contributed by atoms with E-state index in [1.807, 2.05) is 38.1 Å². The van der Waals surface area contributed by atoms with E-state index in [4.69, 9.17) is 4.74 Å². The van der Waals surface area contributed by atoms with Crippen LogP contribution in [0, 0.1) is 23.2 Å². The highest BCUT2D eigenvalue weighted by molar-refractivity contribution is 6.10. The van der Waals surface area contributed by atoms with Gasteiger partial charge in [0.05, 0.1) is 11.8 Å². The maximum atomic E-state index is 14.0. The van der Waals surface area contributed by atoms with Gasteiger partial charge in [0, 0.05) is 17.3 Å². The third-order valence-corrected chi connectivity index (χ3v) is 7.94. The predicted octanol–water partition coefficient (Wildman–Crippen LogP) is 4.45. The zero-order valence-corrected chi connectivity index (χ0v) is 21.5. The smallest absolute Gasteiger partial charge is 0.329 e. The Labute approximate surface area is 212 Å². The average molecular weight is 488 g/mol. The summed E-state index contributed by atoms with van der Waals surface area (Å²) in [5.41, 5.74) is 3.69. The number of Topliss-reactive ketones (excluding diaryl/α,β-unsaturated/α-hetero) is 1. The van der Waals surface area contributed by atoms with E-state index in [2.05, 4.69) is 24.3 Å². The molecule has 0 unspecified atom stereocenters. The molecule has 0 aromatic heterocycles.